The number of aromatic nitrogens is 1. The Bertz CT molecular complexity index is 1230. The molecule has 1 N–H and O–H groups in total. The minimum absolute atomic E-state index is 0.134. The number of nitrogens with zero attached hydrogens (tertiary/aromatic N) is 1. The highest BCUT2D eigenvalue weighted by molar-refractivity contribution is 9.10. The highest BCUT2D eigenvalue weighted by atomic mass is 79.9. The first kappa shape index (κ1) is 19.3. The smallest absolute Gasteiger partial charge is 0.256 e. The molecule has 4 heteroatoms. The molecule has 0 radical (unpaired) electrons. The SMILES string of the molecule is Cc1cc(C)c2nc(-c3ccccc3)cc(C(=O)Nc3ccc(Br)cc3C)c2c1. The fourth-order valence-corrected chi connectivity index (χ4v) is 4.06. The molecule has 1 heterocycles. The van der Waals surface area contributed by atoms with Crippen LogP contribution < -0.4 is 5.32 Å². The maximum atomic E-state index is 13.3. The minimum atomic E-state index is -0.134. The fourth-order valence-electron chi connectivity index (χ4n) is 3.58. The molecule has 3 nitrogen and oxygen atoms in total. The van der Waals surface area contributed by atoms with E-state index in [0.29, 0.717) is 5.56 Å². The van der Waals surface area contributed by atoms with Crippen molar-refractivity contribution in [1.29, 1.82) is 0 Å². The van der Waals surface area contributed by atoms with Crippen LogP contribution in [0.2, 0.25) is 0 Å². The van der Waals surface area contributed by atoms with Gasteiger partial charge in [0.2, 0.25) is 0 Å². The zero-order valence-corrected chi connectivity index (χ0v) is 18.2. The summed E-state index contributed by atoms with van der Waals surface area (Å²) in [6.45, 7) is 6.06. The van der Waals surface area contributed by atoms with Crippen molar-refractivity contribution in [3.8, 4) is 11.3 Å². The fraction of sp³-hybridized carbons (Fsp3) is 0.120. The van der Waals surface area contributed by atoms with E-state index in [-0.39, 0.29) is 5.91 Å². The summed E-state index contributed by atoms with van der Waals surface area (Å²) >= 11 is 3.47. The molecule has 4 aromatic rings. The maximum absolute atomic E-state index is 13.3. The summed E-state index contributed by atoms with van der Waals surface area (Å²) in [6, 6.07) is 21.8. The van der Waals surface area contributed by atoms with Crippen LogP contribution in [0.4, 0.5) is 5.69 Å². The van der Waals surface area contributed by atoms with Crippen molar-refractivity contribution in [2.45, 2.75) is 20.8 Å². The summed E-state index contributed by atoms with van der Waals surface area (Å²) in [5.41, 5.74) is 7.24. The molecule has 0 fully saturated rings. The normalized spacial score (nSPS) is 10.9. The van der Waals surface area contributed by atoms with Crippen molar-refractivity contribution in [1.82, 2.24) is 4.98 Å². The number of anilines is 1. The Labute approximate surface area is 178 Å². The largest absolute Gasteiger partial charge is 0.322 e. The van der Waals surface area contributed by atoms with Gasteiger partial charge in [-0.1, -0.05) is 57.9 Å². The third-order valence-corrected chi connectivity index (χ3v) is 5.49. The van der Waals surface area contributed by atoms with E-state index >= 15 is 0 Å². The Kier molecular flexibility index (Phi) is 5.20. The Balaban J connectivity index is 1.88. The number of carbonyl (C=O) groups excluding carboxylic acids is 1. The van der Waals surface area contributed by atoms with Crippen molar-refractivity contribution in [3.63, 3.8) is 0 Å². The zero-order valence-electron chi connectivity index (χ0n) is 16.6. The van der Waals surface area contributed by atoms with E-state index < -0.39 is 0 Å². The lowest BCUT2D eigenvalue weighted by Crippen LogP contribution is -2.14. The van der Waals surface area contributed by atoms with Crippen LogP contribution in [0.1, 0.15) is 27.0 Å². The molecule has 0 saturated carbocycles. The molecular formula is C25H21BrN2O. The van der Waals surface area contributed by atoms with E-state index in [0.717, 1.165) is 49.0 Å². The number of rotatable bonds is 3. The topological polar surface area (TPSA) is 42.0 Å². The number of carbonyl (C=O) groups is 1. The Morgan fingerprint density at radius 3 is 2.38 bits per heavy atom. The molecule has 1 amide bonds. The third-order valence-electron chi connectivity index (χ3n) is 5.00. The van der Waals surface area contributed by atoms with Gasteiger partial charge in [-0.25, -0.2) is 4.98 Å². The van der Waals surface area contributed by atoms with Crippen molar-refractivity contribution in [3.05, 3.63) is 93.5 Å². The van der Waals surface area contributed by atoms with Gasteiger partial charge in [-0.3, -0.25) is 4.79 Å². The van der Waals surface area contributed by atoms with E-state index in [2.05, 4.69) is 27.3 Å². The number of nitrogens with one attached hydrogen (secondary N) is 1. The van der Waals surface area contributed by atoms with E-state index in [9.17, 15) is 4.79 Å². The lowest BCUT2D eigenvalue weighted by Gasteiger charge is -2.14. The van der Waals surface area contributed by atoms with Crippen molar-refractivity contribution >= 4 is 38.4 Å². The molecule has 144 valence electrons. The summed E-state index contributed by atoms with van der Waals surface area (Å²) in [6.07, 6.45) is 0. The van der Waals surface area contributed by atoms with Gasteiger partial charge < -0.3 is 5.32 Å². The Hall–Kier alpha value is -2.98. The van der Waals surface area contributed by atoms with Crippen LogP contribution in [0.3, 0.4) is 0 Å². The van der Waals surface area contributed by atoms with Crippen LogP contribution in [-0.2, 0) is 0 Å². The van der Waals surface area contributed by atoms with Gasteiger partial charge in [0, 0.05) is 21.1 Å². The molecule has 0 aliphatic heterocycles. The third kappa shape index (κ3) is 3.94. The first-order valence-electron chi connectivity index (χ1n) is 9.47. The summed E-state index contributed by atoms with van der Waals surface area (Å²) in [4.78, 5) is 18.2. The van der Waals surface area contributed by atoms with Crippen LogP contribution in [0, 0.1) is 20.8 Å². The van der Waals surface area contributed by atoms with Crippen LogP contribution in [0.25, 0.3) is 22.2 Å². The number of benzene rings is 3. The van der Waals surface area contributed by atoms with Crippen molar-refractivity contribution in [2.75, 3.05) is 5.32 Å². The average molecular weight is 445 g/mol. The van der Waals surface area contributed by atoms with Gasteiger partial charge in [-0.15, -0.1) is 0 Å². The molecule has 0 spiro atoms. The van der Waals surface area contributed by atoms with Crippen LogP contribution >= 0.6 is 15.9 Å². The van der Waals surface area contributed by atoms with Crippen molar-refractivity contribution in [2.24, 2.45) is 0 Å². The maximum Gasteiger partial charge on any atom is 0.256 e. The Morgan fingerprint density at radius 2 is 1.66 bits per heavy atom. The average Bonchev–Trinajstić information content (AvgIpc) is 2.70. The second-order valence-corrected chi connectivity index (χ2v) is 8.23. The van der Waals surface area contributed by atoms with Crippen molar-refractivity contribution < 1.29 is 4.79 Å². The number of halogens is 1. The summed E-state index contributed by atoms with van der Waals surface area (Å²) in [7, 11) is 0. The second kappa shape index (κ2) is 7.80. The molecular weight excluding hydrogens is 424 g/mol. The second-order valence-electron chi connectivity index (χ2n) is 7.31. The van der Waals surface area contributed by atoms with Gasteiger partial charge in [0.25, 0.3) is 5.91 Å². The number of amides is 1. The van der Waals surface area contributed by atoms with Crippen LogP contribution in [-0.4, -0.2) is 10.9 Å². The highest BCUT2D eigenvalue weighted by Crippen LogP contribution is 2.29. The quantitative estimate of drug-likeness (QED) is 0.375. The van der Waals surface area contributed by atoms with Gasteiger partial charge >= 0.3 is 0 Å². The van der Waals surface area contributed by atoms with E-state index in [1.807, 2.05) is 81.4 Å². The first-order chi connectivity index (χ1) is 13.9. The highest BCUT2D eigenvalue weighted by Gasteiger charge is 2.16. The molecule has 0 unspecified atom stereocenters. The number of hydrogen-bond donors (Lipinski definition) is 1. The van der Waals surface area contributed by atoms with Gasteiger partial charge in [-0.2, -0.15) is 0 Å². The summed E-state index contributed by atoms with van der Waals surface area (Å²) in [5.74, 6) is -0.134. The molecule has 0 bridgehead atoms. The lowest BCUT2D eigenvalue weighted by atomic mass is 9.99. The minimum Gasteiger partial charge on any atom is -0.322 e. The molecule has 0 saturated heterocycles. The summed E-state index contributed by atoms with van der Waals surface area (Å²) in [5, 5.41) is 3.95. The van der Waals surface area contributed by atoms with Gasteiger partial charge in [0.15, 0.2) is 0 Å². The number of aryl methyl sites for hydroxylation is 3. The van der Waals surface area contributed by atoms with Gasteiger partial charge in [0.05, 0.1) is 16.8 Å². The molecule has 0 aliphatic rings. The monoisotopic (exact) mass is 444 g/mol. The van der Waals surface area contributed by atoms with E-state index in [1.54, 1.807) is 0 Å². The van der Waals surface area contributed by atoms with Gasteiger partial charge in [-0.05, 0) is 62.2 Å². The van der Waals surface area contributed by atoms with E-state index in [1.165, 1.54) is 0 Å². The first-order valence-corrected chi connectivity index (χ1v) is 10.3. The number of pyridine rings is 1. The molecule has 29 heavy (non-hydrogen) atoms. The molecule has 4 rings (SSSR count). The predicted octanol–water partition coefficient (Wildman–Crippen LogP) is 6.84. The van der Waals surface area contributed by atoms with Gasteiger partial charge in [0.1, 0.15) is 0 Å². The summed E-state index contributed by atoms with van der Waals surface area (Å²) < 4.78 is 0.986. The molecule has 1 aromatic heterocycles. The Morgan fingerprint density at radius 1 is 0.897 bits per heavy atom. The molecule has 0 aliphatic carbocycles. The zero-order chi connectivity index (χ0) is 20.5. The number of hydrogen-bond acceptors (Lipinski definition) is 2. The molecule has 0 atom stereocenters. The number of fused-ring (bicyclic) bond motifs is 1. The molecule has 3 aromatic carbocycles. The van der Waals surface area contributed by atoms with Crippen LogP contribution in [0.5, 0.6) is 0 Å². The standard InChI is InChI=1S/C25H21BrN2O/c1-15-11-17(3)24-20(12-15)21(14-23(27-24)18-7-5-4-6-8-18)25(29)28-22-10-9-19(26)13-16(22)2/h4-14H,1-3H3,(H,28,29). The van der Waals surface area contributed by atoms with Crippen LogP contribution in [0.15, 0.2) is 71.2 Å². The van der Waals surface area contributed by atoms with E-state index in [4.69, 9.17) is 4.98 Å². The predicted molar refractivity (Wildman–Crippen MR) is 123 cm³/mol. The lowest BCUT2D eigenvalue weighted by molar-refractivity contribution is 0.102.